The van der Waals surface area contributed by atoms with E-state index in [2.05, 4.69) is 27.5 Å². The van der Waals surface area contributed by atoms with Gasteiger partial charge < -0.3 is 19.7 Å². The van der Waals surface area contributed by atoms with E-state index in [1.165, 1.54) is 34.4 Å². The van der Waals surface area contributed by atoms with Gasteiger partial charge in [-0.25, -0.2) is 9.78 Å². The normalized spacial score (nSPS) is 10.8. The Morgan fingerprint density at radius 1 is 1.13 bits per heavy atom. The fourth-order valence-electron chi connectivity index (χ4n) is 3.21. The first-order valence-corrected chi connectivity index (χ1v) is 12.1. The van der Waals surface area contributed by atoms with Crippen LogP contribution in [0, 0.1) is 18.8 Å². The van der Waals surface area contributed by atoms with Crippen LogP contribution in [0.1, 0.15) is 32.7 Å². The Morgan fingerprint density at radius 2 is 1.89 bits per heavy atom. The van der Waals surface area contributed by atoms with Crippen LogP contribution in [0.2, 0.25) is 0 Å². The summed E-state index contributed by atoms with van der Waals surface area (Å²) in [5.74, 6) is 4.76. The number of hydrogen-bond acceptors (Lipinski definition) is 6. The first kappa shape index (κ1) is 28.5. The summed E-state index contributed by atoms with van der Waals surface area (Å²) in [4.78, 5) is 30.8. The van der Waals surface area contributed by atoms with Crippen LogP contribution >= 0.6 is 11.3 Å². The molecule has 3 aromatic rings. The molecule has 0 saturated carbocycles. The van der Waals surface area contributed by atoms with Gasteiger partial charge in [0.2, 0.25) is 0 Å². The van der Waals surface area contributed by atoms with Crippen LogP contribution in [0.15, 0.2) is 41.8 Å². The van der Waals surface area contributed by atoms with Gasteiger partial charge in [0, 0.05) is 37.2 Å². The number of halogens is 3. The van der Waals surface area contributed by atoms with Crippen molar-refractivity contribution in [3.63, 3.8) is 0 Å². The van der Waals surface area contributed by atoms with Crippen molar-refractivity contribution in [3.05, 3.63) is 69.7 Å². The van der Waals surface area contributed by atoms with Crippen LogP contribution in [-0.2, 0) is 10.9 Å². The SMILES string of the molecule is COCCN(C)C(=O)Nc1nc(C#Cc2cc(C(=O)Nc3cccc(C(F)(F)F)c3OC)ccc2C)cs1. The Hall–Kier alpha value is -4.08. The number of aromatic nitrogens is 1. The van der Waals surface area contributed by atoms with Crippen LogP contribution in [-0.4, -0.2) is 56.2 Å². The molecular weight excluding hydrogens is 521 g/mol. The number of alkyl halides is 3. The molecule has 38 heavy (non-hydrogen) atoms. The van der Waals surface area contributed by atoms with Gasteiger partial charge in [-0.05, 0) is 42.7 Å². The van der Waals surface area contributed by atoms with Crippen LogP contribution in [0.5, 0.6) is 5.75 Å². The quantitative estimate of drug-likeness (QED) is 0.396. The van der Waals surface area contributed by atoms with Gasteiger partial charge >= 0.3 is 12.2 Å². The highest BCUT2D eigenvalue weighted by molar-refractivity contribution is 7.14. The monoisotopic (exact) mass is 546 g/mol. The number of carbonyl (C=O) groups excluding carboxylic acids is 2. The number of anilines is 2. The molecule has 3 amide bonds. The van der Waals surface area contributed by atoms with E-state index < -0.39 is 23.4 Å². The van der Waals surface area contributed by atoms with Gasteiger partial charge in [0.25, 0.3) is 5.91 Å². The molecule has 3 rings (SSSR count). The topological polar surface area (TPSA) is 92.8 Å². The van der Waals surface area contributed by atoms with Crippen molar-refractivity contribution in [2.75, 3.05) is 45.1 Å². The number of nitrogens with zero attached hydrogens (tertiary/aromatic N) is 2. The Kier molecular flexibility index (Phi) is 9.33. The Balaban J connectivity index is 1.76. The highest BCUT2D eigenvalue weighted by Crippen LogP contribution is 2.40. The molecule has 0 aliphatic heterocycles. The minimum Gasteiger partial charge on any atom is -0.494 e. The number of likely N-dealkylation sites (N-methyl/N-ethyl adjacent to an activating group) is 1. The lowest BCUT2D eigenvalue weighted by molar-refractivity contribution is -0.138. The van der Waals surface area contributed by atoms with Gasteiger partial charge in [-0.3, -0.25) is 10.1 Å². The zero-order valence-electron chi connectivity index (χ0n) is 21.0. The molecule has 2 N–H and O–H groups in total. The molecule has 0 unspecified atom stereocenters. The summed E-state index contributed by atoms with van der Waals surface area (Å²) in [7, 11) is 4.29. The number of nitrogens with one attached hydrogen (secondary N) is 2. The van der Waals surface area contributed by atoms with Crippen molar-refractivity contribution < 1.29 is 32.2 Å². The number of benzene rings is 2. The molecular formula is C26H25F3N4O4S. The van der Waals surface area contributed by atoms with Gasteiger partial charge in [0.05, 0.1) is 25.0 Å². The Bertz CT molecular complexity index is 1380. The molecule has 1 aromatic heterocycles. The van der Waals surface area contributed by atoms with Crippen molar-refractivity contribution in [2.24, 2.45) is 0 Å². The van der Waals surface area contributed by atoms with Gasteiger partial charge in [-0.15, -0.1) is 11.3 Å². The third-order valence-electron chi connectivity index (χ3n) is 5.29. The Labute approximate surface area is 221 Å². The van der Waals surface area contributed by atoms with E-state index in [9.17, 15) is 22.8 Å². The zero-order chi connectivity index (χ0) is 27.9. The van der Waals surface area contributed by atoms with E-state index >= 15 is 0 Å². The maximum absolute atomic E-state index is 13.3. The lowest BCUT2D eigenvalue weighted by Crippen LogP contribution is -2.33. The first-order chi connectivity index (χ1) is 18.0. The molecule has 0 fully saturated rings. The van der Waals surface area contributed by atoms with E-state index in [0.717, 1.165) is 18.7 Å². The maximum atomic E-state index is 13.3. The van der Waals surface area contributed by atoms with Gasteiger partial charge in [0.15, 0.2) is 10.9 Å². The molecule has 0 bridgehead atoms. The van der Waals surface area contributed by atoms with Crippen LogP contribution in [0.3, 0.4) is 0 Å². The van der Waals surface area contributed by atoms with Gasteiger partial charge in [0.1, 0.15) is 5.69 Å². The molecule has 200 valence electrons. The zero-order valence-corrected chi connectivity index (χ0v) is 21.8. The number of aryl methyl sites for hydroxylation is 1. The fraction of sp³-hybridized carbons (Fsp3) is 0.269. The lowest BCUT2D eigenvalue weighted by atomic mass is 10.0. The van der Waals surface area contributed by atoms with Crippen molar-refractivity contribution in [1.29, 1.82) is 0 Å². The molecule has 0 radical (unpaired) electrons. The standard InChI is InChI=1S/C26H25F3N4O4S/c1-16-8-9-18(23(34)31-21-7-5-6-20(22(21)37-4)26(27,28)29)14-17(16)10-11-19-15-38-24(30-19)32-25(35)33(2)12-13-36-3/h5-9,14-15H,12-13H2,1-4H3,(H,31,34)(H,30,32,35). The average molecular weight is 547 g/mol. The molecule has 1 heterocycles. The average Bonchev–Trinajstić information content (AvgIpc) is 3.33. The molecule has 12 heteroatoms. The lowest BCUT2D eigenvalue weighted by Gasteiger charge is -2.16. The third-order valence-corrected chi connectivity index (χ3v) is 6.05. The van der Waals surface area contributed by atoms with Crippen LogP contribution in [0.25, 0.3) is 0 Å². The summed E-state index contributed by atoms with van der Waals surface area (Å²) >= 11 is 1.21. The van der Waals surface area contributed by atoms with Crippen molar-refractivity contribution >= 4 is 34.1 Å². The van der Waals surface area contributed by atoms with Crippen molar-refractivity contribution in [3.8, 4) is 17.6 Å². The minimum atomic E-state index is -4.64. The number of thiazole rings is 1. The predicted molar refractivity (Wildman–Crippen MR) is 139 cm³/mol. The first-order valence-electron chi connectivity index (χ1n) is 11.2. The molecule has 0 aliphatic rings. The fourth-order valence-corrected chi connectivity index (χ4v) is 3.84. The van der Waals surface area contributed by atoms with E-state index in [4.69, 9.17) is 9.47 Å². The van der Waals surface area contributed by atoms with Crippen LogP contribution in [0.4, 0.5) is 28.8 Å². The second kappa shape index (κ2) is 12.4. The largest absolute Gasteiger partial charge is 0.494 e. The molecule has 2 aromatic carbocycles. The number of carbonyl (C=O) groups is 2. The third kappa shape index (κ3) is 7.24. The molecule has 0 spiro atoms. The molecule has 0 atom stereocenters. The number of amides is 3. The smallest absolute Gasteiger partial charge is 0.420 e. The minimum absolute atomic E-state index is 0.106. The summed E-state index contributed by atoms with van der Waals surface area (Å²) in [6.45, 7) is 2.64. The number of urea groups is 1. The number of hydrogen-bond donors (Lipinski definition) is 2. The highest BCUT2D eigenvalue weighted by Gasteiger charge is 2.35. The second-order valence-electron chi connectivity index (χ2n) is 8.00. The summed E-state index contributed by atoms with van der Waals surface area (Å²) in [6, 6.07) is 7.84. The molecule has 0 saturated heterocycles. The summed E-state index contributed by atoms with van der Waals surface area (Å²) < 4.78 is 49.8. The van der Waals surface area contributed by atoms with E-state index in [1.54, 1.807) is 31.7 Å². The number of para-hydroxylation sites is 1. The second-order valence-corrected chi connectivity index (χ2v) is 8.86. The summed E-state index contributed by atoms with van der Waals surface area (Å²) in [5.41, 5.74) is 0.845. The molecule has 8 nitrogen and oxygen atoms in total. The van der Waals surface area contributed by atoms with Crippen molar-refractivity contribution in [2.45, 2.75) is 13.1 Å². The predicted octanol–water partition coefficient (Wildman–Crippen LogP) is 5.24. The summed E-state index contributed by atoms with van der Waals surface area (Å²) in [5, 5.41) is 7.23. The van der Waals surface area contributed by atoms with Gasteiger partial charge in [-0.2, -0.15) is 13.2 Å². The van der Waals surface area contributed by atoms with E-state index in [1.807, 2.05) is 6.92 Å². The van der Waals surface area contributed by atoms with Gasteiger partial charge in [-0.1, -0.05) is 18.1 Å². The van der Waals surface area contributed by atoms with Crippen molar-refractivity contribution in [1.82, 2.24) is 9.88 Å². The maximum Gasteiger partial charge on any atom is 0.420 e. The Morgan fingerprint density at radius 3 is 2.58 bits per heavy atom. The number of ether oxygens (including phenoxy) is 2. The number of rotatable bonds is 7. The van der Waals surface area contributed by atoms with E-state index in [-0.39, 0.29) is 17.3 Å². The highest BCUT2D eigenvalue weighted by atomic mass is 32.1. The molecule has 0 aliphatic carbocycles. The number of methoxy groups -OCH3 is 2. The van der Waals surface area contributed by atoms with E-state index in [0.29, 0.717) is 29.5 Å². The summed E-state index contributed by atoms with van der Waals surface area (Å²) in [6.07, 6.45) is -4.64. The van der Waals surface area contributed by atoms with Crippen LogP contribution < -0.4 is 15.4 Å².